The molecule has 18 heteroatoms. The molecule has 0 aromatic carbocycles. The fourth-order valence-electron chi connectivity index (χ4n) is 1.88. The highest BCUT2D eigenvalue weighted by molar-refractivity contribution is 5.81. The van der Waals surface area contributed by atoms with E-state index in [0.717, 1.165) is 0 Å². The van der Waals surface area contributed by atoms with Gasteiger partial charge in [0.1, 0.15) is 6.61 Å². The van der Waals surface area contributed by atoms with Crippen molar-refractivity contribution in [2.75, 3.05) is 6.61 Å². The van der Waals surface area contributed by atoms with Gasteiger partial charge >= 0.3 is 47.7 Å². The Kier molecular flexibility index (Phi) is 7.73. The molecule has 0 aliphatic heterocycles. The summed E-state index contributed by atoms with van der Waals surface area (Å²) in [5, 5.41) is 8.99. The van der Waals surface area contributed by atoms with E-state index in [1.165, 1.54) is 0 Å². The monoisotopic (exact) mass is 498 g/mol. The Morgan fingerprint density at radius 3 is 1.48 bits per heavy atom. The van der Waals surface area contributed by atoms with Crippen LogP contribution in [0.25, 0.3) is 0 Å². The van der Waals surface area contributed by atoms with Crippen LogP contribution in [-0.2, 0) is 9.53 Å². The number of halogens is 15. The number of hydrogen-bond donors (Lipinski definition) is 1. The lowest BCUT2D eigenvalue weighted by atomic mass is 9.85. The summed E-state index contributed by atoms with van der Waals surface area (Å²) in [6.07, 6.45) is -21.8. The molecule has 0 aromatic heterocycles. The van der Waals surface area contributed by atoms with Crippen LogP contribution in [0.3, 0.4) is 0 Å². The van der Waals surface area contributed by atoms with Gasteiger partial charge in [-0.05, 0) is 0 Å². The van der Waals surface area contributed by atoms with E-state index in [4.69, 9.17) is 5.11 Å². The molecule has 0 fully saturated rings. The van der Waals surface area contributed by atoms with Gasteiger partial charge in [0.2, 0.25) is 0 Å². The number of ether oxygens (including phenoxy) is 1. The smallest absolute Gasteiger partial charge is 0.438 e. The predicted octanol–water partition coefficient (Wildman–Crippen LogP) is 4.84. The first-order valence-electron chi connectivity index (χ1n) is 7.16. The predicted molar refractivity (Wildman–Crippen MR) is 67.5 cm³/mol. The van der Waals surface area contributed by atoms with Gasteiger partial charge in [0.25, 0.3) is 0 Å². The molecule has 0 amide bonds. The van der Waals surface area contributed by atoms with Crippen LogP contribution in [0.15, 0.2) is 12.7 Å². The van der Waals surface area contributed by atoms with Crippen LogP contribution in [-0.4, -0.2) is 65.5 Å². The van der Waals surface area contributed by atoms with Gasteiger partial charge in [0, 0.05) is 12.5 Å². The molecule has 0 heterocycles. The van der Waals surface area contributed by atoms with Crippen LogP contribution in [0.4, 0.5) is 65.9 Å². The number of aliphatic hydroxyl groups excluding tert-OH is 1. The fraction of sp³-hybridized carbons (Fsp3) is 0.769. The van der Waals surface area contributed by atoms with Crippen LogP contribution in [0.1, 0.15) is 6.42 Å². The van der Waals surface area contributed by atoms with Gasteiger partial charge in [0.05, 0.1) is 6.10 Å². The maximum Gasteiger partial charge on any atom is 0.438 e. The van der Waals surface area contributed by atoms with Crippen molar-refractivity contribution in [3.63, 3.8) is 0 Å². The minimum Gasteiger partial charge on any atom is -0.460 e. The van der Waals surface area contributed by atoms with Crippen molar-refractivity contribution in [2.45, 2.75) is 54.2 Å². The van der Waals surface area contributed by atoms with Crippen molar-refractivity contribution in [1.29, 1.82) is 0 Å². The zero-order valence-corrected chi connectivity index (χ0v) is 14.2. The zero-order chi connectivity index (χ0) is 25.5. The highest BCUT2D eigenvalue weighted by Gasteiger charge is 2.95. The highest BCUT2D eigenvalue weighted by Crippen LogP contribution is 2.64. The largest absolute Gasteiger partial charge is 0.460 e. The Morgan fingerprint density at radius 1 is 0.774 bits per heavy atom. The molecule has 0 bridgehead atoms. The molecule has 0 saturated carbocycles. The normalized spacial score (nSPS) is 16.1. The van der Waals surface area contributed by atoms with E-state index in [9.17, 15) is 70.7 Å². The summed E-state index contributed by atoms with van der Waals surface area (Å²) in [6, 6.07) is 0. The summed E-state index contributed by atoms with van der Waals surface area (Å²) in [6.45, 7) is 1.06. The number of aliphatic hydroxyl groups is 1. The molecule has 184 valence electrons. The summed E-state index contributed by atoms with van der Waals surface area (Å²) < 4.78 is 199. The Bertz CT molecular complexity index is 650. The van der Waals surface area contributed by atoms with E-state index in [1.54, 1.807) is 0 Å². The Morgan fingerprint density at radius 2 is 1.16 bits per heavy atom. The van der Waals surface area contributed by atoms with Crippen molar-refractivity contribution in [1.82, 2.24) is 0 Å². The third-order valence-electron chi connectivity index (χ3n) is 3.54. The molecule has 0 aliphatic rings. The molecule has 0 saturated heterocycles. The summed E-state index contributed by atoms with van der Waals surface area (Å²) in [4.78, 5) is 10.6. The van der Waals surface area contributed by atoms with Crippen molar-refractivity contribution in [3.05, 3.63) is 12.7 Å². The number of carbonyl (C=O) groups is 1. The second-order valence-corrected chi connectivity index (χ2v) is 5.77. The quantitative estimate of drug-likeness (QED) is 0.281. The van der Waals surface area contributed by atoms with Crippen molar-refractivity contribution in [2.24, 2.45) is 0 Å². The van der Waals surface area contributed by atoms with Crippen molar-refractivity contribution < 1.29 is 80.5 Å². The first-order chi connectivity index (χ1) is 13.3. The van der Waals surface area contributed by atoms with Gasteiger partial charge in [-0.25, -0.2) is 9.18 Å². The average Bonchev–Trinajstić information content (AvgIpc) is 2.55. The maximum atomic E-state index is 13.5. The molecule has 0 unspecified atom stereocenters. The topological polar surface area (TPSA) is 46.5 Å². The van der Waals surface area contributed by atoms with Gasteiger partial charge in [-0.2, -0.15) is 61.5 Å². The molecule has 0 aliphatic carbocycles. The summed E-state index contributed by atoms with van der Waals surface area (Å²) in [5.74, 6) is -32.8. The zero-order valence-electron chi connectivity index (χ0n) is 14.2. The van der Waals surface area contributed by atoms with Gasteiger partial charge in [-0.1, -0.05) is 6.58 Å². The lowest BCUT2D eigenvalue weighted by molar-refractivity contribution is -0.457. The Balaban J connectivity index is 6.30. The van der Waals surface area contributed by atoms with E-state index < -0.39 is 66.8 Å². The third-order valence-corrected chi connectivity index (χ3v) is 3.54. The molecule has 0 spiro atoms. The minimum absolute atomic E-state index is 0.323. The Hall–Kier alpha value is -1.88. The van der Waals surface area contributed by atoms with E-state index in [-0.39, 0.29) is 0 Å². The molecule has 3 nitrogen and oxygen atoms in total. The third kappa shape index (κ3) is 4.67. The molecule has 1 N–H and O–H groups in total. The second-order valence-electron chi connectivity index (χ2n) is 5.77. The van der Waals surface area contributed by atoms with E-state index in [1.807, 2.05) is 0 Å². The maximum absolute atomic E-state index is 13.5. The lowest BCUT2D eigenvalue weighted by Crippen LogP contribution is -2.75. The van der Waals surface area contributed by atoms with Crippen LogP contribution in [0.5, 0.6) is 0 Å². The van der Waals surface area contributed by atoms with Gasteiger partial charge in [-0.15, -0.1) is 0 Å². The number of alkyl halides is 15. The average molecular weight is 498 g/mol. The lowest BCUT2D eigenvalue weighted by Gasteiger charge is -2.43. The van der Waals surface area contributed by atoms with E-state index >= 15 is 0 Å². The molecular weight excluding hydrogens is 489 g/mol. The van der Waals surface area contributed by atoms with Crippen LogP contribution < -0.4 is 0 Å². The number of esters is 1. The summed E-state index contributed by atoms with van der Waals surface area (Å²) >= 11 is 0. The molecule has 31 heavy (non-hydrogen) atoms. The number of hydrogen-bond acceptors (Lipinski definition) is 3. The highest BCUT2D eigenvalue weighted by atomic mass is 19.4. The van der Waals surface area contributed by atoms with Crippen LogP contribution >= 0.6 is 0 Å². The van der Waals surface area contributed by atoms with E-state index in [0.29, 0.717) is 6.08 Å². The number of rotatable bonds is 9. The van der Waals surface area contributed by atoms with Crippen LogP contribution in [0, 0.1) is 0 Å². The molecule has 1 atom stereocenters. The molecular formula is C13H9F15O3. The SMILES string of the molecule is C=CC(=O)OC[C@@H](O)CC(F)(F)C(F)(F)C(F)(F)C(F)(F)C(F)(C(F)(F)F)C(F)(F)F. The summed E-state index contributed by atoms with van der Waals surface area (Å²) in [7, 11) is 0. The Labute approximate surface area is 161 Å². The van der Waals surface area contributed by atoms with Crippen molar-refractivity contribution >= 4 is 5.97 Å². The number of carbonyl (C=O) groups excluding carboxylic acids is 1. The standard InChI is InChI=1S/C13H9F15O3/c1-2-6(30)31-4-5(29)3-7(14,15)9(17,18)11(21,22)10(19,20)8(16,12(23,24)25)13(26,27)28/h2,5,29H,1,3-4H2/t5-/m0/s1. The molecule has 0 rings (SSSR count). The molecule has 0 radical (unpaired) electrons. The van der Waals surface area contributed by atoms with Gasteiger partial charge < -0.3 is 9.84 Å². The minimum atomic E-state index is -8.52. The summed E-state index contributed by atoms with van der Waals surface area (Å²) in [5.41, 5.74) is -8.38. The van der Waals surface area contributed by atoms with E-state index in [2.05, 4.69) is 11.3 Å². The van der Waals surface area contributed by atoms with Crippen molar-refractivity contribution in [3.8, 4) is 0 Å². The van der Waals surface area contributed by atoms with Gasteiger partial charge in [0.15, 0.2) is 0 Å². The fourth-order valence-corrected chi connectivity index (χ4v) is 1.88. The molecule has 0 aromatic rings. The first-order valence-corrected chi connectivity index (χ1v) is 7.16. The van der Waals surface area contributed by atoms with Gasteiger partial charge in [-0.3, -0.25) is 0 Å². The van der Waals surface area contributed by atoms with Crippen LogP contribution in [0.2, 0.25) is 0 Å². The second kappa shape index (κ2) is 8.23. The first kappa shape index (κ1) is 29.1.